The van der Waals surface area contributed by atoms with Gasteiger partial charge in [-0.25, -0.2) is 0 Å². The van der Waals surface area contributed by atoms with E-state index >= 15 is 0 Å². The molecule has 0 spiro atoms. The number of ether oxygens (including phenoxy) is 4. The van der Waals surface area contributed by atoms with Crippen LogP contribution in [0.2, 0.25) is 10.0 Å². The van der Waals surface area contributed by atoms with Crippen LogP contribution in [0.5, 0.6) is 17.2 Å². The first-order valence-corrected chi connectivity index (χ1v) is 20.8. The first-order chi connectivity index (χ1) is 30.0. The molecule has 3 aromatic carbocycles. The lowest BCUT2D eigenvalue weighted by Crippen LogP contribution is -2.54. The number of nitrogens with zero attached hydrogens (tertiary/aromatic N) is 5. The highest BCUT2D eigenvalue weighted by Crippen LogP contribution is 2.40. The van der Waals surface area contributed by atoms with Gasteiger partial charge in [-0.3, -0.25) is 44.1 Å². The molecule has 3 aliphatic heterocycles. The topological polar surface area (TPSA) is 205 Å². The SMILES string of the molecule is COc1cc(Nc2c(C#N)cnc3cc(OCCCN4CCN(C(=O)CCOCCNc5cccc6c5C(=O)N(C5CCC(=O)NC5=O)C6=O)CC4)c(OC)cc23)c(Cl)cc1Cl. The van der Waals surface area contributed by atoms with E-state index in [1.54, 1.807) is 43.5 Å². The summed E-state index contributed by atoms with van der Waals surface area (Å²) in [7, 11) is 3.04. The van der Waals surface area contributed by atoms with Gasteiger partial charge < -0.3 is 34.5 Å². The molecule has 2 saturated heterocycles. The van der Waals surface area contributed by atoms with Crippen molar-refractivity contribution in [3.05, 3.63) is 75.4 Å². The maximum absolute atomic E-state index is 13.3. The number of imide groups is 2. The highest BCUT2D eigenvalue weighted by Gasteiger charge is 2.45. The Morgan fingerprint density at radius 3 is 2.47 bits per heavy atom. The van der Waals surface area contributed by atoms with Gasteiger partial charge in [0, 0.05) is 75.1 Å². The number of rotatable bonds is 17. The van der Waals surface area contributed by atoms with Crippen LogP contribution in [0.25, 0.3) is 10.9 Å². The molecule has 4 aromatic rings. The van der Waals surface area contributed by atoms with Crippen molar-refractivity contribution in [3.8, 4) is 23.3 Å². The molecule has 17 nitrogen and oxygen atoms in total. The third-order valence-corrected chi connectivity index (χ3v) is 11.5. The van der Waals surface area contributed by atoms with Gasteiger partial charge in [0.25, 0.3) is 11.8 Å². The molecule has 1 unspecified atom stereocenters. The minimum Gasteiger partial charge on any atom is -0.495 e. The van der Waals surface area contributed by atoms with E-state index in [-0.39, 0.29) is 49.5 Å². The van der Waals surface area contributed by atoms with Crippen molar-refractivity contribution in [2.75, 3.05) is 83.9 Å². The van der Waals surface area contributed by atoms with Crippen LogP contribution >= 0.6 is 23.2 Å². The monoisotopic (exact) mass is 886 g/mol. The van der Waals surface area contributed by atoms with Crippen LogP contribution in [-0.4, -0.2) is 129 Å². The number of hydrogen-bond acceptors (Lipinski definition) is 14. The van der Waals surface area contributed by atoms with Crippen molar-refractivity contribution in [1.82, 2.24) is 25.0 Å². The van der Waals surface area contributed by atoms with E-state index in [4.69, 9.17) is 42.1 Å². The van der Waals surface area contributed by atoms with Crippen LogP contribution in [0.4, 0.5) is 17.1 Å². The molecule has 5 amide bonds. The van der Waals surface area contributed by atoms with Crippen molar-refractivity contribution in [2.45, 2.75) is 31.7 Å². The molecule has 3 aliphatic rings. The Hall–Kier alpha value is -6.19. The molecule has 1 atom stereocenters. The number of anilines is 3. The first-order valence-electron chi connectivity index (χ1n) is 20.0. The lowest BCUT2D eigenvalue weighted by molar-refractivity contribution is -0.136. The van der Waals surface area contributed by atoms with Crippen molar-refractivity contribution < 1.29 is 42.9 Å². The Kier molecular flexibility index (Phi) is 13.9. The molecule has 324 valence electrons. The second-order valence-electron chi connectivity index (χ2n) is 14.7. The fourth-order valence-corrected chi connectivity index (χ4v) is 8.15. The summed E-state index contributed by atoms with van der Waals surface area (Å²) in [4.78, 5) is 72.9. The number of halogens is 2. The number of amides is 5. The number of fused-ring (bicyclic) bond motifs is 2. The Balaban J connectivity index is 0.823. The maximum atomic E-state index is 13.3. The molecule has 0 radical (unpaired) electrons. The van der Waals surface area contributed by atoms with Gasteiger partial charge in [-0.2, -0.15) is 5.26 Å². The summed E-state index contributed by atoms with van der Waals surface area (Å²) in [6.07, 6.45) is 2.56. The second kappa shape index (κ2) is 19.7. The van der Waals surface area contributed by atoms with E-state index in [0.29, 0.717) is 87.1 Å². The summed E-state index contributed by atoms with van der Waals surface area (Å²) in [5.41, 5.74) is 2.67. The summed E-state index contributed by atoms with van der Waals surface area (Å²) < 4.78 is 22.9. The average Bonchev–Trinajstić information content (AvgIpc) is 3.53. The second-order valence-corrected chi connectivity index (χ2v) is 15.5. The number of carbonyl (C=O) groups excluding carboxylic acids is 5. The zero-order valence-electron chi connectivity index (χ0n) is 34.1. The van der Waals surface area contributed by atoms with E-state index in [1.807, 2.05) is 4.90 Å². The van der Waals surface area contributed by atoms with Gasteiger partial charge in [0.1, 0.15) is 17.9 Å². The Labute approximate surface area is 367 Å². The highest BCUT2D eigenvalue weighted by molar-refractivity contribution is 6.37. The van der Waals surface area contributed by atoms with Gasteiger partial charge in [0.15, 0.2) is 11.5 Å². The fraction of sp³-hybridized carbons (Fsp3) is 0.372. The largest absolute Gasteiger partial charge is 0.495 e. The van der Waals surface area contributed by atoms with Gasteiger partial charge >= 0.3 is 0 Å². The summed E-state index contributed by atoms with van der Waals surface area (Å²) in [5.74, 6) is -0.852. The first kappa shape index (κ1) is 43.9. The smallest absolute Gasteiger partial charge is 0.264 e. The number of piperidine rings is 1. The molecule has 0 aliphatic carbocycles. The molecular formula is C43H44Cl2N8O9. The number of nitrogens with one attached hydrogen (secondary N) is 3. The Morgan fingerprint density at radius 1 is 0.935 bits per heavy atom. The van der Waals surface area contributed by atoms with Crippen molar-refractivity contribution in [1.29, 1.82) is 5.26 Å². The molecule has 7 rings (SSSR count). The third-order valence-electron chi connectivity index (χ3n) is 10.9. The van der Waals surface area contributed by atoms with Crippen molar-refractivity contribution >= 4 is 80.7 Å². The van der Waals surface area contributed by atoms with Crippen molar-refractivity contribution in [2.24, 2.45) is 0 Å². The molecular weight excluding hydrogens is 843 g/mol. The highest BCUT2D eigenvalue weighted by atomic mass is 35.5. The standard InChI is InChI=1S/C43H44Cl2N8O9/c1-59-34-22-32(28(44)20-29(34)45)49-40-25(23-46)24-48-31-21-36(35(60-2)19-27(31)40)62-16-4-11-51-12-14-52(15-13-51)38(55)9-17-61-18-10-47-30-6-3-5-26-39(30)43(58)53(42(26)57)33-7-8-37(54)50-41(33)56/h3,5-6,19-22,24,33,47H,4,7-18H2,1-2H3,(H,48,49)(H,50,54,56). The van der Waals surface area contributed by atoms with Crippen LogP contribution in [-0.2, 0) is 19.1 Å². The van der Waals surface area contributed by atoms with Crippen LogP contribution in [0.3, 0.4) is 0 Å². The summed E-state index contributed by atoms with van der Waals surface area (Å²) >= 11 is 12.7. The minimum atomic E-state index is -1.04. The lowest BCUT2D eigenvalue weighted by Gasteiger charge is -2.34. The number of methoxy groups -OCH3 is 2. The van der Waals surface area contributed by atoms with Gasteiger partial charge in [0.05, 0.1) is 84.1 Å². The maximum Gasteiger partial charge on any atom is 0.264 e. The zero-order chi connectivity index (χ0) is 43.9. The van der Waals surface area contributed by atoms with Gasteiger partial charge in [-0.1, -0.05) is 29.3 Å². The quantitative estimate of drug-likeness (QED) is 0.0943. The van der Waals surface area contributed by atoms with Gasteiger partial charge in [-0.15, -0.1) is 0 Å². The van der Waals surface area contributed by atoms with E-state index in [1.165, 1.54) is 19.4 Å². The molecule has 0 saturated carbocycles. The van der Waals surface area contributed by atoms with Crippen LogP contribution in [0.15, 0.2) is 48.7 Å². The van der Waals surface area contributed by atoms with E-state index in [2.05, 4.69) is 31.9 Å². The fourth-order valence-electron chi connectivity index (χ4n) is 7.64. The Morgan fingerprint density at radius 2 is 1.73 bits per heavy atom. The lowest BCUT2D eigenvalue weighted by atomic mass is 10.0. The number of pyridine rings is 1. The summed E-state index contributed by atoms with van der Waals surface area (Å²) in [5, 5.41) is 19.8. The van der Waals surface area contributed by atoms with E-state index in [0.717, 1.165) is 31.0 Å². The number of hydrogen-bond donors (Lipinski definition) is 3. The van der Waals surface area contributed by atoms with Gasteiger partial charge in [-0.05, 0) is 37.1 Å². The number of nitriles is 1. The van der Waals surface area contributed by atoms with E-state index in [9.17, 15) is 29.2 Å². The number of piperazine rings is 1. The minimum absolute atomic E-state index is 0.00715. The summed E-state index contributed by atoms with van der Waals surface area (Å²) in [6.45, 7) is 4.63. The van der Waals surface area contributed by atoms with Gasteiger partial charge in [0.2, 0.25) is 17.7 Å². The number of aromatic nitrogens is 1. The molecule has 1 aromatic heterocycles. The average molecular weight is 888 g/mol. The van der Waals surface area contributed by atoms with Crippen LogP contribution in [0.1, 0.15) is 52.0 Å². The third kappa shape index (κ3) is 9.48. The number of carbonyl (C=O) groups is 5. The van der Waals surface area contributed by atoms with Crippen LogP contribution < -0.4 is 30.2 Å². The molecule has 19 heteroatoms. The number of benzene rings is 3. The van der Waals surface area contributed by atoms with Crippen LogP contribution in [0, 0.1) is 11.3 Å². The van der Waals surface area contributed by atoms with E-state index < -0.39 is 29.7 Å². The molecule has 2 fully saturated rings. The van der Waals surface area contributed by atoms with Crippen molar-refractivity contribution in [3.63, 3.8) is 0 Å². The predicted molar refractivity (Wildman–Crippen MR) is 229 cm³/mol. The molecule has 0 bridgehead atoms. The normalized spacial score (nSPS) is 16.5. The molecule has 62 heavy (non-hydrogen) atoms. The molecule has 3 N–H and O–H groups in total. The molecule has 4 heterocycles. The summed E-state index contributed by atoms with van der Waals surface area (Å²) in [6, 6.07) is 12.8. The Bertz CT molecular complexity index is 2450. The zero-order valence-corrected chi connectivity index (χ0v) is 35.6. The predicted octanol–water partition coefficient (Wildman–Crippen LogP) is 5.01.